The molecule has 0 radical (unpaired) electrons. The van der Waals surface area contributed by atoms with Gasteiger partial charge in [-0.05, 0) is 26.0 Å². The normalized spacial score (nSPS) is 9.84. The monoisotopic (exact) mass is 267 g/mol. The maximum atomic E-state index is 11.4. The number of rotatable bonds is 5. The summed E-state index contributed by atoms with van der Waals surface area (Å²) < 4.78 is 9.53. The van der Waals surface area contributed by atoms with E-state index in [1.54, 1.807) is 38.2 Å². The third-order valence-corrected chi connectivity index (χ3v) is 2.06. The topological polar surface area (TPSA) is 89.6 Å². The van der Waals surface area contributed by atoms with Crippen molar-refractivity contribution in [1.82, 2.24) is 15.6 Å². The Morgan fingerprint density at radius 3 is 2.16 bits per heavy atom. The first-order valence-electron chi connectivity index (χ1n) is 5.94. The highest BCUT2D eigenvalue weighted by atomic mass is 16.6. The molecule has 0 bridgehead atoms. The Morgan fingerprint density at radius 1 is 1.16 bits per heavy atom. The number of pyridine rings is 1. The maximum Gasteiger partial charge on any atom is 0.409 e. The van der Waals surface area contributed by atoms with Crippen LogP contribution in [0.2, 0.25) is 0 Å². The zero-order valence-electron chi connectivity index (χ0n) is 10.9. The molecule has 0 aliphatic heterocycles. The van der Waals surface area contributed by atoms with E-state index in [4.69, 9.17) is 9.47 Å². The Kier molecular flexibility index (Phi) is 6.14. The van der Waals surface area contributed by atoms with Crippen LogP contribution in [0.5, 0.6) is 0 Å². The zero-order chi connectivity index (χ0) is 14.1. The number of alkyl carbamates (subject to hydrolysis) is 2. The van der Waals surface area contributed by atoms with Crippen molar-refractivity contribution in [2.75, 3.05) is 13.2 Å². The molecule has 0 saturated carbocycles. The van der Waals surface area contributed by atoms with Gasteiger partial charge in [-0.2, -0.15) is 0 Å². The van der Waals surface area contributed by atoms with E-state index < -0.39 is 18.4 Å². The Bertz CT molecular complexity index is 391. The van der Waals surface area contributed by atoms with Gasteiger partial charge in [0.2, 0.25) is 0 Å². The number of ether oxygens (including phenoxy) is 2. The van der Waals surface area contributed by atoms with Crippen LogP contribution in [0, 0.1) is 0 Å². The number of carbonyl (C=O) groups excluding carboxylic acids is 2. The van der Waals surface area contributed by atoms with Gasteiger partial charge >= 0.3 is 12.2 Å². The van der Waals surface area contributed by atoms with Gasteiger partial charge in [-0.25, -0.2) is 9.59 Å². The third kappa shape index (κ3) is 5.24. The number of nitrogens with one attached hydrogen (secondary N) is 2. The minimum Gasteiger partial charge on any atom is -0.450 e. The minimum atomic E-state index is -0.806. The van der Waals surface area contributed by atoms with E-state index in [9.17, 15) is 9.59 Å². The van der Waals surface area contributed by atoms with E-state index in [0.717, 1.165) is 0 Å². The lowest BCUT2D eigenvalue weighted by atomic mass is 10.3. The molecular weight excluding hydrogens is 250 g/mol. The highest BCUT2D eigenvalue weighted by Gasteiger charge is 2.19. The van der Waals surface area contributed by atoms with Gasteiger partial charge in [0.15, 0.2) is 6.17 Å². The number of aromatic nitrogens is 1. The third-order valence-electron chi connectivity index (χ3n) is 2.06. The minimum absolute atomic E-state index is 0.236. The maximum absolute atomic E-state index is 11.4. The molecule has 0 aromatic carbocycles. The Hall–Kier alpha value is -2.31. The Morgan fingerprint density at radius 2 is 1.74 bits per heavy atom. The standard InChI is InChI=1S/C12H17N3O4/c1-3-18-11(16)14-10(15-12(17)19-4-2)9-7-5-6-8-13-9/h5-8,10H,3-4H2,1-2H3,(H,14,16)(H,15,17). The first kappa shape index (κ1) is 14.7. The molecule has 104 valence electrons. The summed E-state index contributed by atoms with van der Waals surface area (Å²) in [5.41, 5.74) is 0.476. The van der Waals surface area contributed by atoms with Crippen molar-refractivity contribution in [3.8, 4) is 0 Å². The first-order chi connectivity index (χ1) is 9.17. The van der Waals surface area contributed by atoms with Gasteiger partial charge < -0.3 is 9.47 Å². The average molecular weight is 267 g/mol. The van der Waals surface area contributed by atoms with Crippen LogP contribution in [0.1, 0.15) is 25.7 Å². The highest BCUT2D eigenvalue weighted by Crippen LogP contribution is 2.06. The quantitative estimate of drug-likeness (QED) is 0.790. The number of amides is 2. The largest absolute Gasteiger partial charge is 0.450 e. The van der Waals surface area contributed by atoms with Crippen LogP contribution in [-0.4, -0.2) is 30.4 Å². The predicted molar refractivity (Wildman–Crippen MR) is 67.3 cm³/mol. The van der Waals surface area contributed by atoms with Crippen molar-refractivity contribution in [3.05, 3.63) is 30.1 Å². The van der Waals surface area contributed by atoms with Crippen LogP contribution >= 0.6 is 0 Å². The molecule has 0 unspecified atom stereocenters. The highest BCUT2D eigenvalue weighted by molar-refractivity contribution is 5.71. The number of hydrogen-bond acceptors (Lipinski definition) is 5. The van der Waals surface area contributed by atoms with Crippen molar-refractivity contribution in [3.63, 3.8) is 0 Å². The molecule has 7 heteroatoms. The van der Waals surface area contributed by atoms with Crippen LogP contribution in [-0.2, 0) is 9.47 Å². The van der Waals surface area contributed by atoms with Crippen LogP contribution in [0.3, 0.4) is 0 Å². The number of carbonyl (C=O) groups is 2. The van der Waals surface area contributed by atoms with Crippen LogP contribution in [0.15, 0.2) is 24.4 Å². The molecule has 1 heterocycles. The number of nitrogens with zero attached hydrogens (tertiary/aromatic N) is 1. The van der Waals surface area contributed by atoms with Crippen LogP contribution < -0.4 is 10.6 Å². The molecule has 19 heavy (non-hydrogen) atoms. The fourth-order valence-electron chi connectivity index (χ4n) is 1.31. The lowest BCUT2D eigenvalue weighted by molar-refractivity contribution is 0.134. The second-order valence-corrected chi connectivity index (χ2v) is 3.42. The second-order valence-electron chi connectivity index (χ2n) is 3.42. The molecule has 0 fully saturated rings. The van der Waals surface area contributed by atoms with Gasteiger partial charge in [-0.15, -0.1) is 0 Å². The Balaban J connectivity index is 2.73. The summed E-state index contributed by atoms with van der Waals surface area (Å²) in [6, 6.07) is 5.15. The van der Waals surface area contributed by atoms with Gasteiger partial charge in [-0.1, -0.05) is 6.07 Å². The molecule has 0 atom stereocenters. The summed E-state index contributed by atoms with van der Waals surface area (Å²) in [5, 5.41) is 4.98. The molecule has 0 saturated heterocycles. The molecule has 2 N–H and O–H groups in total. The smallest absolute Gasteiger partial charge is 0.409 e. The van der Waals surface area contributed by atoms with Crippen LogP contribution in [0.4, 0.5) is 9.59 Å². The molecule has 7 nitrogen and oxygen atoms in total. The average Bonchev–Trinajstić information content (AvgIpc) is 2.39. The van der Waals surface area contributed by atoms with Crippen LogP contribution in [0.25, 0.3) is 0 Å². The molecular formula is C12H17N3O4. The van der Waals surface area contributed by atoms with E-state index >= 15 is 0 Å². The van der Waals surface area contributed by atoms with Crippen molar-refractivity contribution >= 4 is 12.2 Å². The zero-order valence-corrected chi connectivity index (χ0v) is 10.9. The van der Waals surface area contributed by atoms with Gasteiger partial charge in [0, 0.05) is 6.20 Å². The Labute approximate surface area is 111 Å². The second kappa shape index (κ2) is 7.91. The molecule has 0 aliphatic rings. The molecule has 1 aromatic rings. The van der Waals surface area contributed by atoms with Crippen molar-refractivity contribution in [2.45, 2.75) is 20.0 Å². The summed E-state index contributed by atoms with van der Waals surface area (Å²) in [7, 11) is 0. The van der Waals surface area contributed by atoms with Crippen molar-refractivity contribution in [2.24, 2.45) is 0 Å². The van der Waals surface area contributed by atoms with Gasteiger partial charge in [0.25, 0.3) is 0 Å². The summed E-state index contributed by atoms with van der Waals surface area (Å²) in [4.78, 5) is 26.9. The summed E-state index contributed by atoms with van der Waals surface area (Å²) in [5.74, 6) is 0. The SMILES string of the molecule is CCOC(=O)NC(NC(=O)OCC)c1ccccn1. The lowest BCUT2D eigenvalue weighted by Crippen LogP contribution is -2.42. The molecule has 0 spiro atoms. The van der Waals surface area contributed by atoms with Gasteiger partial charge in [0.1, 0.15) is 0 Å². The van der Waals surface area contributed by atoms with Crippen molar-refractivity contribution < 1.29 is 19.1 Å². The molecule has 0 aliphatic carbocycles. The van der Waals surface area contributed by atoms with E-state index in [2.05, 4.69) is 15.6 Å². The summed E-state index contributed by atoms with van der Waals surface area (Å²) in [6.07, 6.45) is -0.536. The molecule has 1 rings (SSSR count). The number of hydrogen-bond donors (Lipinski definition) is 2. The molecule has 1 aromatic heterocycles. The fraction of sp³-hybridized carbons (Fsp3) is 0.417. The van der Waals surface area contributed by atoms with Gasteiger partial charge in [0.05, 0.1) is 18.9 Å². The summed E-state index contributed by atoms with van der Waals surface area (Å²) >= 11 is 0. The fourth-order valence-corrected chi connectivity index (χ4v) is 1.31. The van der Waals surface area contributed by atoms with Gasteiger partial charge in [-0.3, -0.25) is 15.6 Å². The molecule has 2 amide bonds. The summed E-state index contributed by atoms with van der Waals surface area (Å²) in [6.45, 7) is 3.85. The predicted octanol–water partition coefficient (Wildman–Crippen LogP) is 1.57. The first-order valence-corrected chi connectivity index (χ1v) is 5.94. The van der Waals surface area contributed by atoms with E-state index in [-0.39, 0.29) is 13.2 Å². The van der Waals surface area contributed by atoms with Crippen molar-refractivity contribution in [1.29, 1.82) is 0 Å². The van der Waals surface area contributed by atoms with E-state index in [1.807, 2.05) is 0 Å². The van der Waals surface area contributed by atoms with E-state index in [0.29, 0.717) is 5.69 Å². The lowest BCUT2D eigenvalue weighted by Gasteiger charge is -2.18. The van der Waals surface area contributed by atoms with E-state index in [1.165, 1.54) is 0 Å².